The summed E-state index contributed by atoms with van der Waals surface area (Å²) in [7, 11) is -3.91. The first-order chi connectivity index (χ1) is 21.4. The van der Waals surface area contributed by atoms with Gasteiger partial charge in [-0.15, -0.1) is 0 Å². The van der Waals surface area contributed by atoms with E-state index in [2.05, 4.69) is 42.5 Å². The van der Waals surface area contributed by atoms with Crippen LogP contribution in [0.1, 0.15) is 88.2 Å². The van der Waals surface area contributed by atoms with Gasteiger partial charge in [0.25, 0.3) is 5.91 Å². The zero-order valence-electron chi connectivity index (χ0n) is 27.4. The van der Waals surface area contributed by atoms with Crippen LogP contribution in [0.3, 0.4) is 0 Å². The molecule has 9 heteroatoms. The Hall–Kier alpha value is -2.55. The molecule has 2 aromatic carbocycles. The fourth-order valence-corrected chi connectivity index (χ4v) is 8.30. The summed E-state index contributed by atoms with van der Waals surface area (Å²) < 4.78 is 42.2. The predicted molar refractivity (Wildman–Crippen MR) is 182 cm³/mol. The summed E-state index contributed by atoms with van der Waals surface area (Å²) in [5.41, 5.74) is 2.94. The minimum atomic E-state index is -3.91. The van der Waals surface area contributed by atoms with Crippen LogP contribution in [-0.2, 0) is 27.8 Å². The molecule has 1 fully saturated rings. The van der Waals surface area contributed by atoms with Gasteiger partial charge in [-0.05, 0) is 118 Å². The SMILES string of the molecule is CC(C)CO[C@@]1(C)/C=C/C[C@H](C)[C@@H](C)S(=O)(=O)NC(=O)c2ccc3c(c2)N(CCCCc2cc(Cl)ccc2CO3)C[C@@H]2CC[C@H]21. The molecule has 246 valence electrons. The van der Waals surface area contributed by atoms with E-state index in [0.717, 1.165) is 61.5 Å². The Morgan fingerprint density at radius 2 is 1.91 bits per heavy atom. The molecule has 3 aliphatic rings. The van der Waals surface area contributed by atoms with Crippen LogP contribution in [0.15, 0.2) is 48.6 Å². The number of fused-ring (bicyclic) bond motifs is 3. The van der Waals surface area contributed by atoms with Crippen LogP contribution in [0.5, 0.6) is 5.75 Å². The molecule has 0 spiro atoms. The second kappa shape index (κ2) is 14.1. The van der Waals surface area contributed by atoms with Gasteiger partial charge in [0, 0.05) is 23.7 Å². The quantitative estimate of drug-likeness (QED) is 0.343. The van der Waals surface area contributed by atoms with Crippen LogP contribution in [-0.4, -0.2) is 44.9 Å². The number of sulfonamides is 1. The number of hydrogen-bond acceptors (Lipinski definition) is 6. The third kappa shape index (κ3) is 7.88. The number of nitrogens with one attached hydrogen (secondary N) is 1. The number of nitrogens with zero attached hydrogens (tertiary/aromatic N) is 1. The Kier molecular flexibility index (Phi) is 10.6. The third-order valence-corrected chi connectivity index (χ3v) is 12.2. The van der Waals surface area contributed by atoms with Gasteiger partial charge in [0.1, 0.15) is 12.4 Å². The normalized spacial score (nSPS) is 29.7. The molecule has 5 rings (SSSR count). The van der Waals surface area contributed by atoms with Crippen LogP contribution in [0.4, 0.5) is 5.69 Å². The van der Waals surface area contributed by atoms with Gasteiger partial charge in [0.2, 0.25) is 10.0 Å². The van der Waals surface area contributed by atoms with E-state index in [1.54, 1.807) is 13.0 Å². The van der Waals surface area contributed by atoms with Crippen molar-refractivity contribution in [1.82, 2.24) is 4.72 Å². The first-order valence-corrected chi connectivity index (χ1v) is 18.5. The van der Waals surface area contributed by atoms with E-state index in [-0.39, 0.29) is 5.92 Å². The number of carbonyl (C=O) groups excluding carboxylic acids is 1. The standard InChI is InChI=1S/C36H49ClN2O5S/c1-24(2)22-44-36(5)17-8-9-25(3)26(4)45(41,42)38-35(40)28-13-16-34-33(20-28)39(21-29-12-15-32(29)36)18-7-6-10-27-19-31(37)14-11-30(27)23-43-34/h8,11,13-14,16-17,19-20,24-26,29,32H,6-7,9-10,12,15,18,21-23H2,1-5H3,(H,38,40)/b17-8+/t25-,26+,29-,32+,36-/m0/s1. The van der Waals surface area contributed by atoms with Crippen molar-refractivity contribution in [2.45, 2.75) is 90.6 Å². The molecule has 0 radical (unpaired) electrons. The largest absolute Gasteiger partial charge is 0.487 e. The van der Waals surface area contributed by atoms with Gasteiger partial charge in [-0.1, -0.05) is 50.6 Å². The molecule has 0 aromatic heterocycles. The molecule has 1 aliphatic carbocycles. The summed E-state index contributed by atoms with van der Waals surface area (Å²) in [6, 6.07) is 11.2. The van der Waals surface area contributed by atoms with Gasteiger partial charge in [0.05, 0.1) is 23.1 Å². The highest BCUT2D eigenvalue weighted by molar-refractivity contribution is 7.90. The maximum atomic E-state index is 13.4. The average Bonchev–Trinajstić information content (AvgIpc) is 3.00. The average molecular weight is 657 g/mol. The van der Waals surface area contributed by atoms with Crippen molar-refractivity contribution in [2.75, 3.05) is 24.6 Å². The number of ether oxygens (including phenoxy) is 2. The summed E-state index contributed by atoms with van der Waals surface area (Å²) >= 11 is 6.35. The number of amides is 1. The molecule has 2 aliphatic heterocycles. The van der Waals surface area contributed by atoms with E-state index >= 15 is 0 Å². The highest BCUT2D eigenvalue weighted by atomic mass is 35.5. The summed E-state index contributed by atoms with van der Waals surface area (Å²) in [5, 5.41) is -0.0382. The van der Waals surface area contributed by atoms with Crippen molar-refractivity contribution in [1.29, 1.82) is 0 Å². The van der Waals surface area contributed by atoms with Crippen molar-refractivity contribution < 1.29 is 22.7 Å². The first-order valence-electron chi connectivity index (χ1n) is 16.5. The van der Waals surface area contributed by atoms with E-state index in [1.165, 1.54) is 5.56 Å². The van der Waals surface area contributed by atoms with E-state index in [4.69, 9.17) is 21.1 Å². The molecular formula is C36H49ClN2O5S. The zero-order chi connectivity index (χ0) is 32.4. The zero-order valence-corrected chi connectivity index (χ0v) is 28.9. The summed E-state index contributed by atoms with van der Waals surface area (Å²) in [5.74, 6) is 0.967. The maximum absolute atomic E-state index is 13.4. The fourth-order valence-electron chi connectivity index (χ4n) is 6.82. The number of anilines is 1. The second-order valence-corrected chi connectivity index (χ2v) is 16.4. The predicted octanol–water partition coefficient (Wildman–Crippen LogP) is 7.56. The number of aryl methyl sites for hydroxylation is 1. The number of benzene rings is 2. The van der Waals surface area contributed by atoms with Gasteiger partial charge in [-0.3, -0.25) is 4.79 Å². The molecule has 7 nitrogen and oxygen atoms in total. The van der Waals surface area contributed by atoms with E-state index in [1.807, 2.05) is 37.3 Å². The molecule has 45 heavy (non-hydrogen) atoms. The minimum Gasteiger partial charge on any atom is -0.487 e. The number of carbonyl (C=O) groups is 1. The minimum absolute atomic E-state index is 0.194. The molecule has 0 unspecified atom stereocenters. The molecule has 2 aromatic rings. The van der Waals surface area contributed by atoms with Crippen LogP contribution >= 0.6 is 11.6 Å². The summed E-state index contributed by atoms with van der Waals surface area (Å²) in [6.45, 7) is 12.7. The first kappa shape index (κ1) is 33.8. The van der Waals surface area contributed by atoms with Gasteiger partial charge in [-0.2, -0.15) is 0 Å². The lowest BCUT2D eigenvalue weighted by Crippen LogP contribution is -2.50. The van der Waals surface area contributed by atoms with Crippen molar-refractivity contribution in [2.24, 2.45) is 23.7 Å². The van der Waals surface area contributed by atoms with Gasteiger partial charge < -0.3 is 14.4 Å². The third-order valence-electron chi connectivity index (χ3n) is 10.1. The fraction of sp³-hybridized carbons (Fsp3) is 0.583. The highest BCUT2D eigenvalue weighted by Crippen LogP contribution is 2.46. The van der Waals surface area contributed by atoms with Crippen LogP contribution < -0.4 is 14.4 Å². The van der Waals surface area contributed by atoms with Crippen molar-refractivity contribution in [3.8, 4) is 5.75 Å². The topological polar surface area (TPSA) is 84.9 Å². The summed E-state index contributed by atoms with van der Waals surface area (Å²) in [6.07, 6.45) is 9.85. The Morgan fingerprint density at radius 3 is 2.64 bits per heavy atom. The van der Waals surface area contributed by atoms with Gasteiger partial charge in [-0.25, -0.2) is 13.1 Å². The smallest absolute Gasteiger partial charge is 0.264 e. The lowest BCUT2D eigenvalue weighted by molar-refractivity contribution is -0.0939. The molecule has 0 saturated heterocycles. The van der Waals surface area contributed by atoms with Gasteiger partial charge >= 0.3 is 0 Å². The van der Waals surface area contributed by atoms with Gasteiger partial charge in [0.15, 0.2) is 0 Å². The van der Waals surface area contributed by atoms with E-state index < -0.39 is 26.8 Å². The molecule has 2 heterocycles. The molecular weight excluding hydrogens is 608 g/mol. The van der Waals surface area contributed by atoms with E-state index in [0.29, 0.717) is 48.7 Å². The van der Waals surface area contributed by atoms with Crippen LogP contribution in [0.25, 0.3) is 0 Å². The monoisotopic (exact) mass is 656 g/mol. The van der Waals surface area contributed by atoms with E-state index in [9.17, 15) is 13.2 Å². The van der Waals surface area contributed by atoms with Crippen molar-refractivity contribution in [3.63, 3.8) is 0 Å². The number of hydrogen-bond donors (Lipinski definition) is 1. The maximum Gasteiger partial charge on any atom is 0.264 e. The molecule has 1 amide bonds. The molecule has 1 saturated carbocycles. The molecule has 2 bridgehead atoms. The van der Waals surface area contributed by atoms with Crippen molar-refractivity contribution >= 4 is 33.2 Å². The molecule has 5 atom stereocenters. The molecule has 1 N–H and O–H groups in total. The van der Waals surface area contributed by atoms with Crippen LogP contribution in [0, 0.1) is 23.7 Å². The highest BCUT2D eigenvalue weighted by Gasteiger charge is 2.45. The Balaban J connectivity index is 1.56. The Labute approximate surface area is 274 Å². The lowest BCUT2D eigenvalue weighted by Gasteiger charge is -2.49. The second-order valence-electron chi connectivity index (χ2n) is 13.9. The van der Waals surface area contributed by atoms with Crippen LogP contribution in [0.2, 0.25) is 5.02 Å². The lowest BCUT2D eigenvalue weighted by atomic mass is 9.64. The number of rotatable bonds is 3. The number of halogens is 1. The number of allylic oxidation sites excluding steroid dienone is 1. The summed E-state index contributed by atoms with van der Waals surface area (Å²) in [4.78, 5) is 15.8. The Bertz CT molecular complexity index is 1510. The Morgan fingerprint density at radius 1 is 1.11 bits per heavy atom. The van der Waals surface area contributed by atoms with Crippen molar-refractivity contribution in [3.05, 3.63) is 70.3 Å².